The first-order valence-electron chi connectivity index (χ1n) is 29.7. The highest BCUT2D eigenvalue weighted by atomic mass is 16.6. The van der Waals surface area contributed by atoms with Crippen molar-refractivity contribution in [2.75, 3.05) is 0 Å². The Morgan fingerprint density at radius 2 is 0.931 bits per heavy atom. The van der Waals surface area contributed by atoms with Crippen LogP contribution in [0.4, 0.5) is 24.0 Å². The molecule has 21 heteroatoms. The number of aromatic hydroxyl groups is 1. The first-order chi connectivity index (χ1) is 39.7. The Kier molecular flexibility index (Phi) is 23.7. The first kappa shape index (κ1) is 72.0. The summed E-state index contributed by atoms with van der Waals surface area (Å²) < 4.78 is 48.4. The van der Waals surface area contributed by atoms with E-state index in [1.807, 2.05) is 60.7 Å². The van der Waals surface area contributed by atoms with Gasteiger partial charge in [0.2, 0.25) is 6.20 Å². The van der Waals surface area contributed by atoms with Crippen LogP contribution in [0.15, 0.2) is 73.1 Å². The van der Waals surface area contributed by atoms with E-state index in [0.717, 1.165) is 5.56 Å². The summed E-state index contributed by atoms with van der Waals surface area (Å²) in [7, 11) is 0. The monoisotopic (exact) mass is 1220 g/mol. The van der Waals surface area contributed by atoms with Gasteiger partial charge in [-0.15, -0.1) is 0 Å². The summed E-state index contributed by atoms with van der Waals surface area (Å²) in [4.78, 5) is 117. The van der Waals surface area contributed by atoms with Crippen LogP contribution in [-0.4, -0.2) is 126 Å². The van der Waals surface area contributed by atoms with E-state index < -0.39 is 130 Å². The zero-order valence-electron chi connectivity index (χ0n) is 55.2. The first-order valence-corrected chi connectivity index (χ1v) is 29.7. The van der Waals surface area contributed by atoms with Crippen molar-refractivity contribution < 1.29 is 85.9 Å². The number of esters is 3. The van der Waals surface area contributed by atoms with Crippen LogP contribution in [0.5, 0.6) is 5.75 Å². The molecule has 4 rings (SSSR count). The minimum absolute atomic E-state index is 0.00285. The van der Waals surface area contributed by atoms with Crippen molar-refractivity contribution in [1.29, 1.82) is 0 Å². The van der Waals surface area contributed by atoms with Gasteiger partial charge in [0.05, 0.1) is 0 Å². The third kappa shape index (κ3) is 23.3. The molecule has 1 aliphatic heterocycles. The molecule has 0 bridgehead atoms. The van der Waals surface area contributed by atoms with Crippen molar-refractivity contribution in [3.05, 3.63) is 95.3 Å². The molecule has 2 heterocycles. The van der Waals surface area contributed by atoms with Gasteiger partial charge in [0.1, 0.15) is 69.9 Å². The molecule has 1 fully saturated rings. The Bertz CT molecular complexity index is 2820. The Balaban J connectivity index is 1.88. The highest BCUT2D eigenvalue weighted by molar-refractivity contribution is 5.95. The molecule has 5 amide bonds. The topological polar surface area (TPSA) is 244 Å². The molecular weight excluding hydrogens is 1120 g/mol. The second-order valence-corrected chi connectivity index (χ2v) is 28.8. The second-order valence-electron chi connectivity index (χ2n) is 28.8. The molecule has 1 N–H and O–H groups in total. The third-order valence-electron chi connectivity index (χ3n) is 12.4. The standard InChI is InChI=1S/C66H96N4O17/c1-60(2,3)81-53(73)47(69(56(76)84-63(10,11)12)57(77)85-64(13,14)15)37-36-44-40-67(41-49(71)45(44)39-48(54(74)82-61(4,5)6)70(58(78)86-65(16,17)18)59(79)87-66(19,20)21)38-30-24-29-35-46-52(72)80-51(43-33-27-23-28-34-43)50(42-31-25-22-26-32-42)68(46)55(75)83-62(7,8)9/h22-23,25-28,31-34,40-41,46-48,50-51H,24,29-30,35-39H2,1-21H3/p+1/t46-,47-,48-,50-,51+/m0/s1. The van der Waals surface area contributed by atoms with Crippen molar-refractivity contribution in [3.63, 3.8) is 0 Å². The molecule has 1 aliphatic rings. The fourth-order valence-corrected chi connectivity index (χ4v) is 9.28. The number of unbranched alkanes of at least 4 members (excludes halogenated alkanes) is 2. The van der Waals surface area contributed by atoms with Crippen LogP contribution in [0.25, 0.3) is 0 Å². The number of imide groups is 2. The van der Waals surface area contributed by atoms with Crippen LogP contribution < -0.4 is 4.57 Å². The lowest BCUT2D eigenvalue weighted by molar-refractivity contribution is -0.698. The highest BCUT2D eigenvalue weighted by Gasteiger charge is 2.50. The van der Waals surface area contributed by atoms with Gasteiger partial charge in [-0.2, -0.15) is 9.80 Å². The molecule has 21 nitrogen and oxygen atoms in total. The molecule has 3 aromatic rings. The largest absolute Gasteiger partial charge is 0.503 e. The summed E-state index contributed by atoms with van der Waals surface area (Å²) in [5.41, 5.74) is -6.19. The van der Waals surface area contributed by atoms with Crippen LogP contribution in [0.1, 0.15) is 212 Å². The number of cyclic esters (lactones) is 1. The number of morpholine rings is 1. The van der Waals surface area contributed by atoms with Crippen molar-refractivity contribution in [3.8, 4) is 5.75 Å². The maximum Gasteiger partial charge on any atom is 0.420 e. The van der Waals surface area contributed by atoms with Crippen LogP contribution in [-0.2, 0) is 71.7 Å². The predicted octanol–water partition coefficient (Wildman–Crippen LogP) is 13.1. The normalized spacial score (nSPS) is 16.7. The maximum absolute atomic E-state index is 14.6. The maximum atomic E-state index is 14.6. The lowest BCUT2D eigenvalue weighted by atomic mass is 9.90. The van der Waals surface area contributed by atoms with Crippen molar-refractivity contribution >= 4 is 48.4 Å². The van der Waals surface area contributed by atoms with E-state index in [4.69, 9.17) is 37.9 Å². The Morgan fingerprint density at radius 3 is 1.36 bits per heavy atom. The lowest BCUT2D eigenvalue weighted by Gasteiger charge is -2.45. The Morgan fingerprint density at radius 1 is 0.529 bits per heavy atom. The van der Waals surface area contributed by atoms with Gasteiger partial charge in [-0.3, -0.25) is 4.90 Å². The average Bonchev–Trinajstić information content (AvgIpc) is 0.932. The number of rotatable bonds is 17. The Labute approximate surface area is 514 Å². The number of aryl methyl sites for hydroxylation is 2. The van der Waals surface area contributed by atoms with Gasteiger partial charge in [0, 0.05) is 24.0 Å². The van der Waals surface area contributed by atoms with Crippen LogP contribution in [0, 0.1) is 0 Å². The zero-order valence-corrected chi connectivity index (χ0v) is 55.2. The number of hydrogen-bond acceptors (Lipinski definition) is 17. The molecule has 0 unspecified atom stereocenters. The minimum Gasteiger partial charge on any atom is -0.503 e. The number of ether oxygens (including phenoxy) is 8. The molecule has 0 radical (unpaired) electrons. The van der Waals surface area contributed by atoms with Crippen LogP contribution in [0.2, 0.25) is 0 Å². The minimum atomic E-state index is -1.85. The quantitative estimate of drug-likeness (QED) is 0.0571. The number of amides is 5. The zero-order chi connectivity index (χ0) is 66.0. The number of carbonyl (C=O) groups excluding carboxylic acids is 8. The van der Waals surface area contributed by atoms with Crippen molar-refractivity contribution in [2.24, 2.45) is 0 Å². The second kappa shape index (κ2) is 28.6. The smallest absolute Gasteiger partial charge is 0.420 e. The van der Waals surface area contributed by atoms with E-state index in [1.54, 1.807) is 156 Å². The van der Waals surface area contributed by atoms with Crippen LogP contribution >= 0.6 is 0 Å². The summed E-state index contributed by atoms with van der Waals surface area (Å²) in [6, 6.07) is 13.2. The van der Waals surface area contributed by atoms with Gasteiger partial charge < -0.3 is 43.0 Å². The molecule has 1 saturated heterocycles. The molecule has 5 atom stereocenters. The fraction of sp³-hybridized carbons (Fsp3) is 0.621. The van der Waals surface area contributed by atoms with Crippen LogP contribution in [0.3, 0.4) is 0 Å². The molecule has 2 aromatic carbocycles. The van der Waals surface area contributed by atoms with Crippen molar-refractivity contribution in [2.45, 2.75) is 266 Å². The molecule has 0 spiro atoms. The molecule has 0 aliphatic carbocycles. The SMILES string of the molecule is CC(C)(C)OC(=O)[C@H](CCc1c[n+](CCCCC[C@H]2C(=O)O[C@H](c3ccccc3)[C@H](c3ccccc3)N2C(=O)OC(C)(C)C)cc(O)c1C[C@@H](C(=O)OC(C)(C)C)N(C(=O)OC(C)(C)C)C(=O)OC(C)(C)C)N(C(=O)OC(C)(C)C)C(=O)OC(C)(C)C. The highest BCUT2D eigenvalue weighted by Crippen LogP contribution is 2.44. The molecule has 1 aromatic heterocycles. The number of pyridine rings is 1. The van der Waals surface area contributed by atoms with E-state index in [9.17, 15) is 43.5 Å². The third-order valence-corrected chi connectivity index (χ3v) is 12.4. The summed E-state index contributed by atoms with van der Waals surface area (Å²) in [5, 5.41) is 12.3. The number of aromatic nitrogens is 1. The average molecular weight is 1220 g/mol. The van der Waals surface area contributed by atoms with Gasteiger partial charge in [0.25, 0.3) is 0 Å². The van der Waals surface area contributed by atoms with E-state index in [2.05, 4.69) is 0 Å². The Hall–Kier alpha value is -7.45. The van der Waals surface area contributed by atoms with E-state index in [1.165, 1.54) is 11.1 Å². The summed E-state index contributed by atoms with van der Waals surface area (Å²) in [5.74, 6) is -3.08. The number of nitrogens with zero attached hydrogens (tertiary/aromatic N) is 4. The molecule has 87 heavy (non-hydrogen) atoms. The lowest BCUT2D eigenvalue weighted by Crippen LogP contribution is -2.55. The van der Waals surface area contributed by atoms with Crippen molar-refractivity contribution in [1.82, 2.24) is 14.7 Å². The van der Waals surface area contributed by atoms with E-state index >= 15 is 0 Å². The van der Waals surface area contributed by atoms with Gasteiger partial charge in [-0.05, 0) is 182 Å². The summed E-state index contributed by atoms with van der Waals surface area (Å²) >= 11 is 0. The van der Waals surface area contributed by atoms with Gasteiger partial charge in [0.15, 0.2) is 18.1 Å². The number of hydrogen-bond donors (Lipinski definition) is 1. The molecule has 482 valence electrons. The number of carbonyl (C=O) groups is 8. The van der Waals surface area contributed by atoms with E-state index in [-0.39, 0.29) is 36.9 Å². The van der Waals surface area contributed by atoms with E-state index in [0.29, 0.717) is 34.6 Å². The molecular formula is C66H97N4O17+. The van der Waals surface area contributed by atoms with Gasteiger partial charge in [-0.25, -0.2) is 42.9 Å². The number of benzene rings is 2. The molecule has 0 saturated carbocycles. The predicted molar refractivity (Wildman–Crippen MR) is 323 cm³/mol. The fourth-order valence-electron chi connectivity index (χ4n) is 9.28. The summed E-state index contributed by atoms with van der Waals surface area (Å²) in [6.07, 6.45) is -3.12. The summed E-state index contributed by atoms with van der Waals surface area (Å²) in [6.45, 7) is 34.1. The van der Waals surface area contributed by atoms with Gasteiger partial charge in [-0.1, -0.05) is 67.1 Å². The van der Waals surface area contributed by atoms with Gasteiger partial charge >= 0.3 is 48.4 Å².